The van der Waals surface area contributed by atoms with Crippen molar-refractivity contribution < 1.29 is 0 Å². The number of hydrogen-bond donors (Lipinski definition) is 1. The second-order valence-corrected chi connectivity index (χ2v) is 6.53. The summed E-state index contributed by atoms with van der Waals surface area (Å²) < 4.78 is 0. The van der Waals surface area contributed by atoms with Crippen LogP contribution in [0.4, 0.5) is 0 Å². The number of thioether (sulfide) groups is 1. The smallest absolute Gasteiger partial charge is 0.0209 e. The lowest BCUT2D eigenvalue weighted by molar-refractivity contribution is 0.233. The van der Waals surface area contributed by atoms with E-state index < -0.39 is 0 Å². The first-order chi connectivity index (χ1) is 7.17. The summed E-state index contributed by atoms with van der Waals surface area (Å²) in [7, 11) is 0. The number of rotatable bonds is 6. The SMILES string of the molecule is CCCCCCC(C)(C)C1CSCCN1. The molecule has 0 bridgehead atoms. The van der Waals surface area contributed by atoms with Gasteiger partial charge >= 0.3 is 0 Å². The molecule has 15 heavy (non-hydrogen) atoms. The standard InChI is InChI=1S/C13H27NS/c1-4-5-6-7-8-13(2,3)12-11-15-10-9-14-12/h12,14H,4-11H2,1-3H3. The van der Waals surface area contributed by atoms with Gasteiger partial charge in [-0.2, -0.15) is 11.8 Å². The van der Waals surface area contributed by atoms with Crippen molar-refractivity contribution in [1.82, 2.24) is 5.32 Å². The molecule has 1 heterocycles. The summed E-state index contributed by atoms with van der Waals surface area (Å²) in [6.45, 7) is 8.35. The Morgan fingerprint density at radius 3 is 2.67 bits per heavy atom. The van der Waals surface area contributed by atoms with Crippen LogP contribution in [0, 0.1) is 5.41 Å². The van der Waals surface area contributed by atoms with Crippen LogP contribution in [0.5, 0.6) is 0 Å². The average Bonchev–Trinajstić information content (AvgIpc) is 2.26. The lowest BCUT2D eigenvalue weighted by Gasteiger charge is -2.37. The van der Waals surface area contributed by atoms with E-state index in [1.165, 1.54) is 50.2 Å². The lowest BCUT2D eigenvalue weighted by Crippen LogP contribution is -2.47. The Labute approximate surface area is 99.8 Å². The van der Waals surface area contributed by atoms with E-state index in [2.05, 4.69) is 37.8 Å². The van der Waals surface area contributed by atoms with Crippen molar-refractivity contribution in [3.05, 3.63) is 0 Å². The molecule has 0 spiro atoms. The van der Waals surface area contributed by atoms with E-state index in [1.807, 2.05) is 0 Å². The first kappa shape index (κ1) is 13.4. The van der Waals surface area contributed by atoms with Crippen molar-refractivity contribution >= 4 is 11.8 Å². The van der Waals surface area contributed by atoms with Gasteiger partial charge in [0, 0.05) is 24.1 Å². The summed E-state index contributed by atoms with van der Waals surface area (Å²) in [5.74, 6) is 2.60. The summed E-state index contributed by atoms with van der Waals surface area (Å²) in [4.78, 5) is 0. The van der Waals surface area contributed by atoms with Gasteiger partial charge in [-0.3, -0.25) is 0 Å². The molecule has 1 saturated heterocycles. The van der Waals surface area contributed by atoms with Gasteiger partial charge in [-0.05, 0) is 11.8 Å². The average molecular weight is 229 g/mol. The van der Waals surface area contributed by atoms with Crippen LogP contribution < -0.4 is 5.32 Å². The van der Waals surface area contributed by atoms with Crippen molar-refractivity contribution in [2.45, 2.75) is 58.9 Å². The Morgan fingerprint density at radius 2 is 2.07 bits per heavy atom. The third-order valence-electron chi connectivity index (χ3n) is 3.54. The molecule has 0 radical (unpaired) electrons. The third-order valence-corrected chi connectivity index (χ3v) is 4.60. The highest BCUT2D eigenvalue weighted by atomic mass is 32.2. The molecule has 1 fully saturated rings. The van der Waals surface area contributed by atoms with Gasteiger partial charge in [0.15, 0.2) is 0 Å². The topological polar surface area (TPSA) is 12.0 Å². The van der Waals surface area contributed by atoms with E-state index >= 15 is 0 Å². The zero-order valence-electron chi connectivity index (χ0n) is 10.6. The highest BCUT2D eigenvalue weighted by Crippen LogP contribution is 2.31. The second kappa shape index (κ2) is 6.80. The summed E-state index contributed by atoms with van der Waals surface area (Å²) in [5, 5.41) is 3.68. The van der Waals surface area contributed by atoms with Crippen LogP contribution in [0.2, 0.25) is 0 Å². The van der Waals surface area contributed by atoms with Crippen molar-refractivity contribution in [2.75, 3.05) is 18.1 Å². The normalized spacial score (nSPS) is 23.0. The number of nitrogens with one attached hydrogen (secondary N) is 1. The molecule has 0 aromatic carbocycles. The van der Waals surface area contributed by atoms with Crippen molar-refractivity contribution in [3.63, 3.8) is 0 Å². The van der Waals surface area contributed by atoms with Crippen molar-refractivity contribution in [1.29, 1.82) is 0 Å². The zero-order valence-corrected chi connectivity index (χ0v) is 11.5. The quantitative estimate of drug-likeness (QED) is 0.697. The van der Waals surface area contributed by atoms with Crippen LogP contribution in [0.15, 0.2) is 0 Å². The van der Waals surface area contributed by atoms with E-state index in [-0.39, 0.29) is 0 Å². The fraction of sp³-hybridized carbons (Fsp3) is 1.00. The monoisotopic (exact) mass is 229 g/mol. The Hall–Kier alpha value is 0.310. The van der Waals surface area contributed by atoms with Gasteiger partial charge in [0.2, 0.25) is 0 Å². The Bertz CT molecular complexity index is 162. The van der Waals surface area contributed by atoms with Gasteiger partial charge in [-0.25, -0.2) is 0 Å². The Morgan fingerprint density at radius 1 is 1.27 bits per heavy atom. The predicted molar refractivity (Wildman–Crippen MR) is 71.7 cm³/mol. The summed E-state index contributed by atoms with van der Waals surface area (Å²) >= 11 is 2.11. The molecule has 1 atom stereocenters. The first-order valence-electron chi connectivity index (χ1n) is 6.48. The van der Waals surface area contributed by atoms with E-state index in [0.717, 1.165) is 6.04 Å². The number of unbranched alkanes of at least 4 members (excludes halogenated alkanes) is 3. The van der Waals surface area contributed by atoms with Crippen molar-refractivity contribution in [3.8, 4) is 0 Å². The molecule has 1 aliphatic rings. The fourth-order valence-electron chi connectivity index (χ4n) is 2.25. The van der Waals surface area contributed by atoms with Crippen LogP contribution in [0.1, 0.15) is 52.9 Å². The molecule has 90 valence electrons. The molecule has 0 saturated carbocycles. The van der Waals surface area contributed by atoms with E-state index in [1.54, 1.807) is 0 Å². The van der Waals surface area contributed by atoms with E-state index in [4.69, 9.17) is 0 Å². The molecular formula is C13H27NS. The minimum Gasteiger partial charge on any atom is -0.312 e. The maximum absolute atomic E-state index is 3.68. The summed E-state index contributed by atoms with van der Waals surface area (Å²) in [6, 6.07) is 0.734. The van der Waals surface area contributed by atoms with Gasteiger partial charge in [-0.15, -0.1) is 0 Å². The van der Waals surface area contributed by atoms with Crippen LogP contribution in [0.3, 0.4) is 0 Å². The van der Waals surface area contributed by atoms with E-state index in [9.17, 15) is 0 Å². The van der Waals surface area contributed by atoms with Crippen LogP contribution in [-0.4, -0.2) is 24.1 Å². The summed E-state index contributed by atoms with van der Waals surface area (Å²) in [6.07, 6.45) is 6.95. The molecule has 0 amide bonds. The highest BCUT2D eigenvalue weighted by Gasteiger charge is 2.29. The number of hydrogen-bond acceptors (Lipinski definition) is 2. The molecular weight excluding hydrogens is 202 g/mol. The molecule has 1 rings (SSSR count). The van der Waals surface area contributed by atoms with Gasteiger partial charge in [0.05, 0.1) is 0 Å². The van der Waals surface area contributed by atoms with Gasteiger partial charge < -0.3 is 5.32 Å². The maximum atomic E-state index is 3.68. The largest absolute Gasteiger partial charge is 0.312 e. The lowest BCUT2D eigenvalue weighted by atomic mass is 9.80. The predicted octanol–water partition coefficient (Wildman–Crippen LogP) is 3.69. The molecule has 0 aromatic rings. The van der Waals surface area contributed by atoms with Gasteiger partial charge in [0.25, 0.3) is 0 Å². The van der Waals surface area contributed by atoms with Gasteiger partial charge in [0.1, 0.15) is 0 Å². The molecule has 1 unspecified atom stereocenters. The molecule has 1 N–H and O–H groups in total. The van der Waals surface area contributed by atoms with Crippen LogP contribution in [0.25, 0.3) is 0 Å². The molecule has 1 aliphatic heterocycles. The summed E-state index contributed by atoms with van der Waals surface area (Å²) in [5.41, 5.74) is 0.487. The fourth-order valence-corrected chi connectivity index (χ4v) is 3.48. The minimum absolute atomic E-state index is 0.487. The van der Waals surface area contributed by atoms with E-state index in [0.29, 0.717) is 5.41 Å². The minimum atomic E-state index is 0.487. The second-order valence-electron chi connectivity index (χ2n) is 5.38. The molecule has 1 nitrogen and oxygen atoms in total. The Kier molecular flexibility index (Phi) is 6.06. The zero-order chi connectivity index (χ0) is 11.1. The first-order valence-corrected chi connectivity index (χ1v) is 7.63. The maximum Gasteiger partial charge on any atom is 0.0209 e. The van der Waals surface area contributed by atoms with Crippen molar-refractivity contribution in [2.24, 2.45) is 5.41 Å². The Balaban J connectivity index is 2.23. The molecule has 0 aliphatic carbocycles. The van der Waals surface area contributed by atoms with Crippen LogP contribution >= 0.6 is 11.8 Å². The molecule has 2 heteroatoms. The van der Waals surface area contributed by atoms with Crippen LogP contribution in [-0.2, 0) is 0 Å². The third kappa shape index (κ3) is 4.78. The molecule has 0 aromatic heterocycles. The highest BCUT2D eigenvalue weighted by molar-refractivity contribution is 7.99. The van der Waals surface area contributed by atoms with Gasteiger partial charge in [-0.1, -0.05) is 46.5 Å².